The molecule has 19 heteroatoms. The van der Waals surface area contributed by atoms with E-state index in [0.29, 0.717) is 25.7 Å². The van der Waals surface area contributed by atoms with Gasteiger partial charge >= 0.3 is 39.5 Å². The summed E-state index contributed by atoms with van der Waals surface area (Å²) >= 11 is 0. The van der Waals surface area contributed by atoms with Gasteiger partial charge in [-0.25, -0.2) is 9.13 Å². The fraction of sp³-hybridized carbons (Fsp3) is 0.938. The number of esters is 4. The van der Waals surface area contributed by atoms with Crippen LogP contribution in [0.15, 0.2) is 0 Å². The number of unbranched alkanes of at least 4 members (excludes halogenated alkanes) is 33. The maximum absolute atomic E-state index is 13.0. The lowest BCUT2D eigenvalue weighted by molar-refractivity contribution is -0.161. The van der Waals surface area contributed by atoms with Gasteiger partial charge in [0.25, 0.3) is 0 Å². The van der Waals surface area contributed by atoms with Crippen LogP contribution in [0.5, 0.6) is 0 Å². The number of aliphatic hydroxyl groups is 1. The Hall–Kier alpha value is -1.94. The second-order valence-electron chi connectivity index (χ2n) is 24.2. The molecule has 0 aromatic heterocycles. The lowest BCUT2D eigenvalue weighted by atomic mass is 9.99. The Bertz CT molecular complexity index is 1650. The van der Waals surface area contributed by atoms with Crippen molar-refractivity contribution < 1.29 is 80.2 Å². The first-order chi connectivity index (χ1) is 40.4. The quantitative estimate of drug-likeness (QED) is 0.0222. The van der Waals surface area contributed by atoms with Gasteiger partial charge in [0.2, 0.25) is 0 Å². The van der Waals surface area contributed by atoms with Gasteiger partial charge in [0, 0.05) is 25.7 Å². The SMILES string of the molecule is CCCCCCCCCCCCC(=O)O[C@H](COC(=O)CCCCCCCCCC)COP(=O)(O)OC[C@H](O)COP(=O)(O)OC[C@@H](COC(=O)CCCCCCCCCCCC(C)C)OC(=O)CCCCCCCCCCCCC(C)CC. The fourth-order valence-electron chi connectivity index (χ4n) is 9.68. The first-order valence-corrected chi connectivity index (χ1v) is 37.0. The minimum absolute atomic E-state index is 0.106. The van der Waals surface area contributed by atoms with Crippen LogP contribution in [0.4, 0.5) is 0 Å². The van der Waals surface area contributed by atoms with E-state index < -0.39 is 97.5 Å². The van der Waals surface area contributed by atoms with Crippen LogP contribution in [0, 0.1) is 11.8 Å². The predicted octanol–water partition coefficient (Wildman–Crippen LogP) is 18.0. The van der Waals surface area contributed by atoms with Gasteiger partial charge in [-0.15, -0.1) is 0 Å². The summed E-state index contributed by atoms with van der Waals surface area (Å²) < 4.78 is 68.0. The molecule has 0 bridgehead atoms. The molecule has 0 aromatic rings. The van der Waals surface area contributed by atoms with E-state index in [1.807, 2.05) is 0 Å². The molecule has 0 fully saturated rings. The van der Waals surface area contributed by atoms with Crippen molar-refractivity contribution in [1.29, 1.82) is 0 Å². The maximum atomic E-state index is 13.0. The molecule has 0 aliphatic heterocycles. The second-order valence-corrected chi connectivity index (χ2v) is 27.1. The lowest BCUT2D eigenvalue weighted by Crippen LogP contribution is -2.30. The van der Waals surface area contributed by atoms with Gasteiger partial charge in [-0.1, -0.05) is 273 Å². The number of rotatable bonds is 64. The lowest BCUT2D eigenvalue weighted by Gasteiger charge is -2.21. The minimum Gasteiger partial charge on any atom is -0.462 e. The molecule has 3 N–H and O–H groups in total. The van der Waals surface area contributed by atoms with Gasteiger partial charge in [-0.3, -0.25) is 37.3 Å². The van der Waals surface area contributed by atoms with E-state index in [1.165, 1.54) is 135 Å². The molecule has 0 aromatic carbocycles. The molecule has 0 rings (SSSR count). The summed E-state index contributed by atoms with van der Waals surface area (Å²) in [5.74, 6) is -0.587. The van der Waals surface area contributed by atoms with E-state index in [1.54, 1.807) is 0 Å². The van der Waals surface area contributed by atoms with Crippen LogP contribution in [0.3, 0.4) is 0 Å². The molecule has 0 amide bonds. The van der Waals surface area contributed by atoms with Crippen LogP contribution < -0.4 is 0 Å². The number of phosphoric ester groups is 2. The summed E-state index contributed by atoms with van der Waals surface area (Å²) in [5.41, 5.74) is 0. The molecule has 0 saturated heterocycles. The molecule has 0 saturated carbocycles. The summed E-state index contributed by atoms with van der Waals surface area (Å²) in [6.45, 7) is 9.48. The number of carbonyl (C=O) groups excluding carboxylic acids is 4. The Morgan fingerprint density at radius 1 is 0.345 bits per heavy atom. The van der Waals surface area contributed by atoms with Crippen molar-refractivity contribution in [2.24, 2.45) is 11.8 Å². The van der Waals surface area contributed by atoms with Crippen LogP contribution >= 0.6 is 15.6 Å². The largest absolute Gasteiger partial charge is 0.472 e. The number of carbonyl (C=O) groups is 4. The molecule has 0 radical (unpaired) electrons. The first kappa shape index (κ1) is 82.1. The van der Waals surface area contributed by atoms with Crippen molar-refractivity contribution in [3.8, 4) is 0 Å². The molecule has 84 heavy (non-hydrogen) atoms. The molecule has 3 unspecified atom stereocenters. The van der Waals surface area contributed by atoms with Crippen molar-refractivity contribution in [2.75, 3.05) is 39.6 Å². The van der Waals surface area contributed by atoms with E-state index in [9.17, 15) is 43.2 Å². The standard InChI is InChI=1S/C65H126O17P2/c1-7-10-12-14-16-18-24-31-37-43-49-64(69)81-60(53-75-62(67)47-41-35-29-17-15-13-11-8-2)55-79-83(71,72)77-51-59(66)52-78-84(73,74)80-56-61(54-76-63(68)48-42-36-30-26-21-22-27-33-39-45-57(4)5)82-65(70)50-44-38-32-25-20-19-23-28-34-40-46-58(6)9-3/h57-61,66H,7-56H2,1-6H3,(H,71,72)(H,73,74)/t58?,59-,60+,61+/m0/s1. The zero-order chi connectivity index (χ0) is 62.2. The summed E-state index contributed by atoms with van der Waals surface area (Å²) in [7, 11) is -9.89. The van der Waals surface area contributed by atoms with Gasteiger partial charge in [-0.05, 0) is 37.5 Å². The van der Waals surface area contributed by atoms with E-state index in [2.05, 4.69) is 41.5 Å². The number of aliphatic hydroxyl groups excluding tert-OH is 1. The van der Waals surface area contributed by atoms with Gasteiger partial charge in [0.15, 0.2) is 12.2 Å². The van der Waals surface area contributed by atoms with E-state index in [4.69, 9.17) is 37.0 Å². The van der Waals surface area contributed by atoms with Gasteiger partial charge in [-0.2, -0.15) is 0 Å². The Kier molecular flexibility index (Phi) is 56.2. The number of hydrogen-bond acceptors (Lipinski definition) is 15. The molecule has 0 spiro atoms. The van der Waals surface area contributed by atoms with Gasteiger partial charge in [0.05, 0.1) is 26.4 Å². The van der Waals surface area contributed by atoms with Crippen molar-refractivity contribution in [1.82, 2.24) is 0 Å². The Morgan fingerprint density at radius 3 is 0.905 bits per heavy atom. The fourth-order valence-corrected chi connectivity index (χ4v) is 11.3. The predicted molar refractivity (Wildman–Crippen MR) is 335 cm³/mol. The maximum Gasteiger partial charge on any atom is 0.472 e. The van der Waals surface area contributed by atoms with Crippen LogP contribution in [0.1, 0.15) is 324 Å². The highest BCUT2D eigenvalue weighted by molar-refractivity contribution is 7.47. The molecular formula is C65H126O17P2. The smallest absolute Gasteiger partial charge is 0.462 e. The first-order valence-electron chi connectivity index (χ1n) is 34.0. The van der Waals surface area contributed by atoms with Gasteiger partial charge < -0.3 is 33.8 Å². The molecule has 0 aliphatic rings. The summed E-state index contributed by atoms with van der Waals surface area (Å²) in [6.07, 6.45) is 40.2. The van der Waals surface area contributed by atoms with Gasteiger partial charge in [0.1, 0.15) is 19.3 Å². The average molecular weight is 1240 g/mol. The molecule has 0 aliphatic carbocycles. The average Bonchev–Trinajstić information content (AvgIpc) is 3.65. The van der Waals surface area contributed by atoms with E-state index >= 15 is 0 Å². The third kappa shape index (κ3) is 57.8. The van der Waals surface area contributed by atoms with Crippen molar-refractivity contribution in [2.45, 2.75) is 342 Å². The van der Waals surface area contributed by atoms with Crippen molar-refractivity contribution >= 4 is 39.5 Å². The summed E-state index contributed by atoms with van der Waals surface area (Å²) in [6, 6.07) is 0. The Labute approximate surface area is 511 Å². The monoisotopic (exact) mass is 1240 g/mol. The second kappa shape index (κ2) is 57.5. The normalized spacial score (nSPS) is 14.6. The Balaban J connectivity index is 5.23. The van der Waals surface area contributed by atoms with E-state index in [0.717, 1.165) is 108 Å². The number of hydrogen-bond donors (Lipinski definition) is 3. The molecule has 6 atom stereocenters. The summed E-state index contributed by atoms with van der Waals surface area (Å²) in [5, 5.41) is 10.5. The topological polar surface area (TPSA) is 237 Å². The molecule has 17 nitrogen and oxygen atoms in total. The zero-order valence-corrected chi connectivity index (χ0v) is 56.0. The third-order valence-corrected chi connectivity index (χ3v) is 17.2. The highest BCUT2D eigenvalue weighted by Gasteiger charge is 2.30. The van der Waals surface area contributed by atoms with E-state index in [-0.39, 0.29) is 25.7 Å². The van der Waals surface area contributed by atoms with Crippen LogP contribution in [-0.4, -0.2) is 96.7 Å². The van der Waals surface area contributed by atoms with Crippen LogP contribution in [0.2, 0.25) is 0 Å². The van der Waals surface area contributed by atoms with Crippen molar-refractivity contribution in [3.63, 3.8) is 0 Å². The summed E-state index contributed by atoms with van der Waals surface area (Å²) in [4.78, 5) is 72.2. The van der Waals surface area contributed by atoms with Crippen LogP contribution in [-0.2, 0) is 65.4 Å². The van der Waals surface area contributed by atoms with Crippen LogP contribution in [0.25, 0.3) is 0 Å². The number of ether oxygens (including phenoxy) is 4. The molecular weight excluding hydrogens is 1110 g/mol. The minimum atomic E-state index is -4.95. The Morgan fingerprint density at radius 2 is 0.607 bits per heavy atom. The zero-order valence-electron chi connectivity index (χ0n) is 54.2. The number of phosphoric acid groups is 2. The third-order valence-electron chi connectivity index (χ3n) is 15.3. The van der Waals surface area contributed by atoms with Crippen molar-refractivity contribution in [3.05, 3.63) is 0 Å². The highest BCUT2D eigenvalue weighted by atomic mass is 31.2. The molecule has 0 heterocycles. The highest BCUT2D eigenvalue weighted by Crippen LogP contribution is 2.45. The molecule has 498 valence electrons.